The van der Waals surface area contributed by atoms with Crippen LogP contribution < -0.4 is 20.3 Å². The maximum atomic E-state index is 12.4. The van der Waals surface area contributed by atoms with E-state index < -0.39 is 0 Å². The quantitative estimate of drug-likeness (QED) is 0.598. The molecule has 1 aliphatic heterocycles. The first kappa shape index (κ1) is 20.7. The van der Waals surface area contributed by atoms with Gasteiger partial charge in [0.1, 0.15) is 5.75 Å². The molecule has 2 amide bonds. The number of hydrogen-bond acceptors (Lipinski definition) is 5. The standard InChI is InChI=1S/C24H27N5O2/c1-31-21-11-7-10-20(17-21)26-24(30)25-19-9-6-8-18(16-19)22-12-13-23(28-27-22)29-14-4-2-3-5-15-29/h6-13,16-17H,2-5,14-15H2,1H3,(H2,25,26,30). The molecule has 0 unspecified atom stereocenters. The van der Waals surface area contributed by atoms with Crippen molar-refractivity contribution in [1.29, 1.82) is 0 Å². The number of nitrogens with one attached hydrogen (secondary N) is 2. The highest BCUT2D eigenvalue weighted by Gasteiger charge is 2.12. The molecule has 0 atom stereocenters. The number of rotatable bonds is 5. The smallest absolute Gasteiger partial charge is 0.323 e. The van der Waals surface area contributed by atoms with Gasteiger partial charge in [0.15, 0.2) is 5.82 Å². The largest absolute Gasteiger partial charge is 0.497 e. The van der Waals surface area contributed by atoms with Gasteiger partial charge in [-0.1, -0.05) is 31.0 Å². The van der Waals surface area contributed by atoms with Crippen LogP contribution in [0.25, 0.3) is 11.3 Å². The Morgan fingerprint density at radius 2 is 1.58 bits per heavy atom. The van der Waals surface area contributed by atoms with Crippen LogP contribution >= 0.6 is 0 Å². The number of aromatic nitrogens is 2. The molecule has 0 saturated carbocycles. The summed E-state index contributed by atoms with van der Waals surface area (Å²) >= 11 is 0. The molecule has 1 saturated heterocycles. The van der Waals surface area contributed by atoms with Gasteiger partial charge >= 0.3 is 6.03 Å². The number of hydrogen-bond donors (Lipinski definition) is 2. The summed E-state index contributed by atoms with van der Waals surface area (Å²) < 4.78 is 5.19. The number of anilines is 3. The van der Waals surface area contributed by atoms with Gasteiger partial charge in [-0.15, -0.1) is 10.2 Å². The van der Waals surface area contributed by atoms with Gasteiger partial charge in [-0.05, 0) is 49.2 Å². The third kappa shape index (κ3) is 5.51. The second kappa shape index (κ2) is 9.93. The van der Waals surface area contributed by atoms with Gasteiger partial charge in [0.05, 0.1) is 12.8 Å². The zero-order valence-corrected chi connectivity index (χ0v) is 17.7. The van der Waals surface area contributed by atoms with E-state index in [1.165, 1.54) is 25.7 Å². The molecule has 3 aromatic rings. The van der Waals surface area contributed by atoms with Crippen LogP contribution in [-0.2, 0) is 0 Å². The van der Waals surface area contributed by atoms with Crippen LogP contribution in [0.3, 0.4) is 0 Å². The number of methoxy groups -OCH3 is 1. The first-order chi connectivity index (χ1) is 15.2. The lowest BCUT2D eigenvalue weighted by Crippen LogP contribution is -2.25. The Labute approximate surface area is 182 Å². The normalized spacial score (nSPS) is 13.9. The van der Waals surface area contributed by atoms with Crippen molar-refractivity contribution in [1.82, 2.24) is 10.2 Å². The van der Waals surface area contributed by atoms with Crippen LogP contribution in [0.1, 0.15) is 25.7 Å². The average Bonchev–Trinajstić information content (AvgIpc) is 3.09. The summed E-state index contributed by atoms with van der Waals surface area (Å²) in [6, 6.07) is 18.5. The second-order valence-electron chi connectivity index (χ2n) is 7.57. The average molecular weight is 418 g/mol. The summed E-state index contributed by atoms with van der Waals surface area (Å²) in [6.45, 7) is 2.08. The lowest BCUT2D eigenvalue weighted by molar-refractivity contribution is 0.262. The summed E-state index contributed by atoms with van der Waals surface area (Å²) in [6.07, 6.45) is 4.98. The minimum Gasteiger partial charge on any atom is -0.497 e. The number of benzene rings is 2. The van der Waals surface area contributed by atoms with Gasteiger partial charge in [0.2, 0.25) is 0 Å². The Morgan fingerprint density at radius 1 is 0.871 bits per heavy atom. The van der Waals surface area contributed by atoms with Gasteiger partial charge in [-0.2, -0.15) is 0 Å². The highest BCUT2D eigenvalue weighted by atomic mass is 16.5. The Morgan fingerprint density at radius 3 is 2.26 bits per heavy atom. The van der Waals surface area contributed by atoms with Crippen LogP contribution in [0.15, 0.2) is 60.7 Å². The fraction of sp³-hybridized carbons (Fsp3) is 0.292. The maximum Gasteiger partial charge on any atom is 0.323 e. The van der Waals surface area contributed by atoms with E-state index in [1.54, 1.807) is 19.2 Å². The minimum atomic E-state index is -0.326. The Kier molecular flexibility index (Phi) is 6.62. The highest BCUT2D eigenvalue weighted by Crippen LogP contribution is 2.23. The number of carbonyl (C=O) groups is 1. The summed E-state index contributed by atoms with van der Waals surface area (Å²) in [5.41, 5.74) is 3.00. The third-order valence-electron chi connectivity index (χ3n) is 5.32. The predicted molar refractivity (Wildman–Crippen MR) is 124 cm³/mol. The molecule has 0 aliphatic carbocycles. The Bertz CT molecular complexity index is 1010. The van der Waals surface area contributed by atoms with Crippen molar-refractivity contribution in [2.75, 3.05) is 35.7 Å². The molecule has 2 N–H and O–H groups in total. The fourth-order valence-electron chi connectivity index (χ4n) is 3.70. The number of ether oxygens (including phenoxy) is 1. The van der Waals surface area contributed by atoms with Crippen molar-refractivity contribution in [3.05, 3.63) is 60.7 Å². The van der Waals surface area contributed by atoms with E-state index in [1.807, 2.05) is 48.5 Å². The maximum absolute atomic E-state index is 12.4. The van der Waals surface area contributed by atoms with E-state index >= 15 is 0 Å². The van der Waals surface area contributed by atoms with Gasteiger partial charge in [0.25, 0.3) is 0 Å². The molecule has 0 spiro atoms. The zero-order chi connectivity index (χ0) is 21.5. The van der Waals surface area contributed by atoms with Gasteiger partial charge in [-0.3, -0.25) is 0 Å². The lowest BCUT2D eigenvalue weighted by Gasteiger charge is -2.20. The Hall–Kier alpha value is -3.61. The lowest BCUT2D eigenvalue weighted by atomic mass is 10.1. The number of nitrogens with zero attached hydrogens (tertiary/aromatic N) is 3. The third-order valence-corrected chi connectivity index (χ3v) is 5.32. The molecular formula is C24H27N5O2. The highest BCUT2D eigenvalue weighted by molar-refractivity contribution is 6.00. The number of urea groups is 1. The molecule has 2 heterocycles. The van der Waals surface area contributed by atoms with Crippen LogP contribution in [0, 0.1) is 0 Å². The molecule has 1 fully saturated rings. The first-order valence-electron chi connectivity index (χ1n) is 10.6. The van der Waals surface area contributed by atoms with E-state index in [2.05, 4.69) is 25.7 Å². The molecule has 7 nitrogen and oxygen atoms in total. The number of carbonyl (C=O) groups excluding carboxylic acids is 1. The van der Waals surface area contributed by atoms with Crippen molar-refractivity contribution in [2.45, 2.75) is 25.7 Å². The van der Waals surface area contributed by atoms with Crippen molar-refractivity contribution < 1.29 is 9.53 Å². The van der Waals surface area contributed by atoms with Crippen molar-refractivity contribution >= 4 is 23.2 Å². The Balaban J connectivity index is 1.42. The van der Waals surface area contributed by atoms with Crippen LogP contribution in [0.2, 0.25) is 0 Å². The van der Waals surface area contributed by atoms with E-state index in [9.17, 15) is 4.79 Å². The SMILES string of the molecule is COc1cccc(NC(=O)Nc2cccc(-c3ccc(N4CCCCCC4)nn3)c2)c1. The van der Waals surface area contributed by atoms with Crippen LogP contribution in [0.4, 0.5) is 22.0 Å². The van der Waals surface area contributed by atoms with Gasteiger partial charge < -0.3 is 20.3 Å². The molecule has 0 bridgehead atoms. The monoisotopic (exact) mass is 417 g/mol. The van der Waals surface area contributed by atoms with E-state index in [-0.39, 0.29) is 6.03 Å². The van der Waals surface area contributed by atoms with E-state index in [0.717, 1.165) is 30.2 Å². The second-order valence-corrected chi connectivity index (χ2v) is 7.57. The van der Waals surface area contributed by atoms with Crippen molar-refractivity contribution in [2.24, 2.45) is 0 Å². The molecule has 2 aromatic carbocycles. The van der Waals surface area contributed by atoms with Crippen LogP contribution in [-0.4, -0.2) is 36.4 Å². The molecule has 0 radical (unpaired) electrons. The zero-order valence-electron chi connectivity index (χ0n) is 17.7. The topological polar surface area (TPSA) is 79.4 Å². The molecule has 160 valence electrons. The minimum absolute atomic E-state index is 0.326. The van der Waals surface area contributed by atoms with Gasteiger partial charge in [-0.25, -0.2) is 4.79 Å². The van der Waals surface area contributed by atoms with E-state index in [0.29, 0.717) is 17.1 Å². The number of amides is 2. The van der Waals surface area contributed by atoms with Crippen molar-refractivity contribution in [3.8, 4) is 17.0 Å². The molecule has 1 aliphatic rings. The fourth-order valence-corrected chi connectivity index (χ4v) is 3.70. The summed E-state index contributed by atoms with van der Waals surface area (Å²) in [5.74, 6) is 1.61. The summed E-state index contributed by atoms with van der Waals surface area (Å²) in [4.78, 5) is 14.7. The summed E-state index contributed by atoms with van der Waals surface area (Å²) in [5, 5.41) is 14.5. The first-order valence-corrected chi connectivity index (χ1v) is 10.6. The summed E-state index contributed by atoms with van der Waals surface area (Å²) in [7, 11) is 1.59. The molecule has 7 heteroatoms. The predicted octanol–water partition coefficient (Wildman–Crippen LogP) is 5.18. The van der Waals surface area contributed by atoms with Crippen LogP contribution in [0.5, 0.6) is 5.75 Å². The van der Waals surface area contributed by atoms with Gasteiger partial charge in [0, 0.05) is 36.1 Å². The molecule has 31 heavy (non-hydrogen) atoms. The molecular weight excluding hydrogens is 390 g/mol. The molecule has 1 aromatic heterocycles. The van der Waals surface area contributed by atoms with Crippen molar-refractivity contribution in [3.63, 3.8) is 0 Å². The van der Waals surface area contributed by atoms with E-state index in [4.69, 9.17) is 4.74 Å². The molecule has 4 rings (SSSR count).